The van der Waals surface area contributed by atoms with Crippen molar-refractivity contribution in [3.63, 3.8) is 0 Å². The second kappa shape index (κ2) is 6.38. The van der Waals surface area contributed by atoms with E-state index >= 15 is 0 Å². The predicted molar refractivity (Wildman–Crippen MR) is 91.1 cm³/mol. The highest BCUT2D eigenvalue weighted by Crippen LogP contribution is 2.34. The van der Waals surface area contributed by atoms with E-state index in [9.17, 15) is 0 Å². The molecule has 0 saturated carbocycles. The maximum atomic E-state index is 6.04. The molecule has 0 spiro atoms. The van der Waals surface area contributed by atoms with Crippen molar-refractivity contribution in [1.82, 2.24) is 4.98 Å². The lowest BCUT2D eigenvalue weighted by Gasteiger charge is -2.08. The molecule has 3 nitrogen and oxygen atoms in total. The molecule has 0 aliphatic carbocycles. The van der Waals surface area contributed by atoms with Crippen LogP contribution in [0.4, 0.5) is 0 Å². The van der Waals surface area contributed by atoms with Crippen LogP contribution in [0.15, 0.2) is 47.8 Å². The van der Waals surface area contributed by atoms with Gasteiger partial charge in [-0.15, -0.1) is 11.3 Å². The quantitative estimate of drug-likeness (QED) is 0.662. The monoisotopic (exact) mass is 331 g/mol. The second-order valence-corrected chi connectivity index (χ2v) is 5.91. The highest BCUT2D eigenvalue weighted by atomic mass is 35.5. The summed E-state index contributed by atoms with van der Waals surface area (Å²) in [5, 5.41) is 3.67. The maximum absolute atomic E-state index is 6.04. The Hall–Kier alpha value is -2.04. The van der Waals surface area contributed by atoms with E-state index < -0.39 is 0 Å². The number of rotatable bonds is 4. The van der Waals surface area contributed by atoms with Crippen LogP contribution in [-0.2, 0) is 0 Å². The topological polar surface area (TPSA) is 31.4 Å². The highest BCUT2D eigenvalue weighted by Gasteiger charge is 2.10. The first-order valence-electron chi connectivity index (χ1n) is 6.65. The van der Waals surface area contributed by atoms with Crippen LogP contribution in [0.1, 0.15) is 0 Å². The molecule has 1 aromatic heterocycles. The molecular formula is C17H14ClNO2S. The summed E-state index contributed by atoms with van der Waals surface area (Å²) in [6, 6.07) is 13.5. The minimum atomic E-state index is 0.692. The van der Waals surface area contributed by atoms with Gasteiger partial charge in [0.15, 0.2) is 11.5 Å². The van der Waals surface area contributed by atoms with Gasteiger partial charge in [0.1, 0.15) is 5.01 Å². The zero-order valence-corrected chi connectivity index (χ0v) is 13.7. The van der Waals surface area contributed by atoms with Gasteiger partial charge >= 0.3 is 0 Å². The van der Waals surface area contributed by atoms with Gasteiger partial charge in [-0.25, -0.2) is 4.98 Å². The Kier molecular flexibility index (Phi) is 4.32. The number of hydrogen-bond acceptors (Lipinski definition) is 4. The molecule has 22 heavy (non-hydrogen) atoms. The standard InChI is InChI=1S/C17H14ClNO2S/c1-20-15-7-6-11(9-16(15)21-2)14-10-22-17(19-14)12-4-3-5-13(18)8-12/h3-10H,1-2H3. The minimum Gasteiger partial charge on any atom is -0.493 e. The third kappa shape index (κ3) is 2.93. The predicted octanol–water partition coefficient (Wildman–Crippen LogP) is 5.15. The van der Waals surface area contributed by atoms with Crippen LogP contribution < -0.4 is 9.47 Å². The van der Waals surface area contributed by atoms with Crippen LogP contribution in [0.25, 0.3) is 21.8 Å². The lowest BCUT2D eigenvalue weighted by atomic mass is 10.1. The van der Waals surface area contributed by atoms with E-state index in [-0.39, 0.29) is 0 Å². The number of methoxy groups -OCH3 is 2. The molecular weight excluding hydrogens is 318 g/mol. The van der Waals surface area contributed by atoms with E-state index in [4.69, 9.17) is 21.1 Å². The molecule has 0 radical (unpaired) electrons. The van der Waals surface area contributed by atoms with Crippen molar-refractivity contribution >= 4 is 22.9 Å². The number of benzene rings is 2. The summed E-state index contributed by atoms with van der Waals surface area (Å²) in [5.41, 5.74) is 2.91. The Morgan fingerprint density at radius 2 is 1.77 bits per heavy atom. The van der Waals surface area contributed by atoms with E-state index in [1.54, 1.807) is 25.6 Å². The van der Waals surface area contributed by atoms with E-state index in [0.29, 0.717) is 16.5 Å². The molecule has 0 bridgehead atoms. The fourth-order valence-electron chi connectivity index (χ4n) is 2.16. The maximum Gasteiger partial charge on any atom is 0.161 e. The van der Waals surface area contributed by atoms with Crippen LogP contribution in [-0.4, -0.2) is 19.2 Å². The van der Waals surface area contributed by atoms with E-state index in [0.717, 1.165) is 21.8 Å². The molecule has 112 valence electrons. The second-order valence-electron chi connectivity index (χ2n) is 4.62. The molecule has 3 rings (SSSR count). The summed E-state index contributed by atoms with van der Waals surface area (Å²) < 4.78 is 10.6. The smallest absolute Gasteiger partial charge is 0.161 e. The fourth-order valence-corrected chi connectivity index (χ4v) is 3.17. The van der Waals surface area contributed by atoms with Crippen LogP contribution >= 0.6 is 22.9 Å². The lowest BCUT2D eigenvalue weighted by molar-refractivity contribution is 0.355. The summed E-state index contributed by atoms with van der Waals surface area (Å²) >= 11 is 7.63. The zero-order chi connectivity index (χ0) is 15.5. The Morgan fingerprint density at radius 3 is 2.50 bits per heavy atom. The van der Waals surface area contributed by atoms with Gasteiger partial charge in [0.2, 0.25) is 0 Å². The van der Waals surface area contributed by atoms with E-state index in [1.165, 1.54) is 0 Å². The summed E-state index contributed by atoms with van der Waals surface area (Å²) in [5.74, 6) is 1.40. The molecule has 0 unspecified atom stereocenters. The first kappa shape index (κ1) is 14.9. The fraction of sp³-hybridized carbons (Fsp3) is 0.118. The van der Waals surface area contributed by atoms with Crippen LogP contribution in [0.2, 0.25) is 5.02 Å². The van der Waals surface area contributed by atoms with Gasteiger partial charge in [-0.3, -0.25) is 0 Å². The van der Waals surface area contributed by atoms with Crippen molar-refractivity contribution in [2.75, 3.05) is 14.2 Å². The van der Waals surface area contributed by atoms with Crippen molar-refractivity contribution in [3.8, 4) is 33.3 Å². The van der Waals surface area contributed by atoms with Gasteiger partial charge < -0.3 is 9.47 Å². The Bertz CT molecular complexity index is 801. The molecule has 0 aliphatic heterocycles. The summed E-state index contributed by atoms with van der Waals surface area (Å²) in [4.78, 5) is 4.69. The number of thiazole rings is 1. The number of ether oxygens (including phenoxy) is 2. The first-order chi connectivity index (χ1) is 10.7. The van der Waals surface area contributed by atoms with Gasteiger partial charge in [-0.2, -0.15) is 0 Å². The number of hydrogen-bond donors (Lipinski definition) is 0. The van der Waals surface area contributed by atoms with Gasteiger partial charge in [0.25, 0.3) is 0 Å². The number of aromatic nitrogens is 1. The molecule has 5 heteroatoms. The van der Waals surface area contributed by atoms with Gasteiger partial charge in [0, 0.05) is 21.5 Å². The van der Waals surface area contributed by atoms with Gasteiger partial charge in [0.05, 0.1) is 19.9 Å². The van der Waals surface area contributed by atoms with Crippen LogP contribution in [0.5, 0.6) is 11.5 Å². The summed E-state index contributed by atoms with van der Waals surface area (Å²) in [6.07, 6.45) is 0. The van der Waals surface area contributed by atoms with Crippen LogP contribution in [0, 0.1) is 0 Å². The largest absolute Gasteiger partial charge is 0.493 e. The molecule has 0 atom stereocenters. The van der Waals surface area contributed by atoms with Crippen molar-refractivity contribution in [2.24, 2.45) is 0 Å². The van der Waals surface area contributed by atoms with Crippen molar-refractivity contribution < 1.29 is 9.47 Å². The third-order valence-corrected chi connectivity index (χ3v) is 4.38. The van der Waals surface area contributed by atoms with Gasteiger partial charge in [-0.1, -0.05) is 23.7 Å². The Morgan fingerprint density at radius 1 is 0.955 bits per heavy atom. The molecule has 2 aromatic carbocycles. The third-order valence-electron chi connectivity index (χ3n) is 3.26. The normalized spacial score (nSPS) is 10.5. The zero-order valence-electron chi connectivity index (χ0n) is 12.2. The van der Waals surface area contributed by atoms with E-state index in [1.807, 2.05) is 47.8 Å². The molecule has 0 amide bonds. The van der Waals surface area contributed by atoms with Gasteiger partial charge in [-0.05, 0) is 30.3 Å². The molecule has 3 aromatic rings. The molecule has 0 aliphatic rings. The number of nitrogens with zero attached hydrogens (tertiary/aromatic N) is 1. The highest BCUT2D eigenvalue weighted by molar-refractivity contribution is 7.13. The summed E-state index contributed by atoms with van der Waals surface area (Å²) in [7, 11) is 3.25. The average molecular weight is 332 g/mol. The molecule has 0 fully saturated rings. The number of halogens is 1. The van der Waals surface area contributed by atoms with Crippen molar-refractivity contribution in [2.45, 2.75) is 0 Å². The molecule has 1 heterocycles. The minimum absolute atomic E-state index is 0.692. The average Bonchev–Trinajstić information content (AvgIpc) is 3.04. The SMILES string of the molecule is COc1ccc(-c2csc(-c3cccc(Cl)c3)n2)cc1OC. The van der Waals surface area contributed by atoms with Crippen LogP contribution in [0.3, 0.4) is 0 Å². The lowest BCUT2D eigenvalue weighted by Crippen LogP contribution is -1.90. The molecule has 0 saturated heterocycles. The first-order valence-corrected chi connectivity index (χ1v) is 7.91. The van der Waals surface area contributed by atoms with Crippen molar-refractivity contribution in [3.05, 3.63) is 52.9 Å². The van der Waals surface area contributed by atoms with E-state index in [2.05, 4.69) is 4.98 Å². The Labute approximate surface area is 138 Å². The summed E-state index contributed by atoms with van der Waals surface area (Å²) in [6.45, 7) is 0. The molecule has 0 N–H and O–H groups in total. The van der Waals surface area contributed by atoms with Crippen molar-refractivity contribution in [1.29, 1.82) is 0 Å². The Balaban J connectivity index is 1.97.